The number of aliphatic hydroxyl groups excluding tert-OH is 1. The van der Waals surface area contributed by atoms with Crippen LogP contribution in [0.4, 0.5) is 0 Å². The topological polar surface area (TPSA) is 142 Å². The van der Waals surface area contributed by atoms with Gasteiger partial charge >= 0.3 is 11.9 Å². The van der Waals surface area contributed by atoms with Crippen LogP contribution in [0.5, 0.6) is 0 Å². The van der Waals surface area contributed by atoms with Gasteiger partial charge in [0.05, 0.1) is 13.2 Å². The molecule has 0 aliphatic carbocycles. The van der Waals surface area contributed by atoms with Crippen LogP contribution in [0.15, 0.2) is 97.2 Å². The van der Waals surface area contributed by atoms with Crippen molar-refractivity contribution in [3.8, 4) is 0 Å². The van der Waals surface area contributed by atoms with Gasteiger partial charge in [0.25, 0.3) is 0 Å². The average molecular weight is 779 g/mol. The van der Waals surface area contributed by atoms with Crippen molar-refractivity contribution in [1.82, 2.24) is 10.6 Å². The number of ether oxygens (including phenoxy) is 1. The number of amides is 2. The minimum Gasteiger partial charge on any atom is -0.480 e. The van der Waals surface area contributed by atoms with Crippen LogP contribution < -0.4 is 10.6 Å². The van der Waals surface area contributed by atoms with Crippen molar-refractivity contribution in [1.29, 1.82) is 0 Å². The maximum Gasteiger partial charge on any atom is 0.328 e. The van der Waals surface area contributed by atoms with Crippen molar-refractivity contribution in [3.05, 3.63) is 97.2 Å². The number of carbonyl (C=O) groups excluding carboxylic acids is 3. The number of unbranched alkanes of at least 4 members (excludes halogenated alkanes) is 8. The Morgan fingerprint density at radius 3 is 1.55 bits per heavy atom. The van der Waals surface area contributed by atoms with Crippen molar-refractivity contribution >= 4 is 23.8 Å². The number of hydrogen-bond donors (Lipinski definition) is 4. The molecule has 314 valence electrons. The average Bonchev–Trinajstić information content (AvgIpc) is 3.18. The fourth-order valence-corrected chi connectivity index (χ4v) is 5.38. The quantitative estimate of drug-likeness (QED) is 0.0282. The summed E-state index contributed by atoms with van der Waals surface area (Å²) in [6.07, 6.45) is 53.0. The predicted molar refractivity (Wildman–Crippen MR) is 231 cm³/mol. The molecule has 4 N–H and O–H groups in total. The molecular formula is C47H74N2O7. The fraction of sp³-hybridized carbons (Fsp3) is 0.574. The molecule has 9 heteroatoms. The van der Waals surface area contributed by atoms with E-state index < -0.39 is 24.5 Å². The minimum atomic E-state index is -1.41. The van der Waals surface area contributed by atoms with Crippen LogP contribution in [-0.2, 0) is 23.9 Å². The lowest BCUT2D eigenvalue weighted by Crippen LogP contribution is -2.47. The first kappa shape index (κ1) is 51.8. The maximum absolute atomic E-state index is 12.7. The van der Waals surface area contributed by atoms with Gasteiger partial charge in [0, 0.05) is 12.8 Å². The van der Waals surface area contributed by atoms with Gasteiger partial charge in [0.15, 0.2) is 0 Å². The third kappa shape index (κ3) is 36.7. The molecule has 0 aromatic heterocycles. The summed E-state index contributed by atoms with van der Waals surface area (Å²) in [6, 6.07) is -1.41. The zero-order chi connectivity index (χ0) is 41.2. The fourth-order valence-electron chi connectivity index (χ4n) is 5.38. The Kier molecular flexibility index (Phi) is 37.4. The van der Waals surface area contributed by atoms with E-state index in [1.54, 1.807) is 0 Å². The smallest absolute Gasteiger partial charge is 0.328 e. The number of aliphatic carboxylic acids is 1. The first-order valence-corrected chi connectivity index (χ1v) is 21.1. The van der Waals surface area contributed by atoms with E-state index in [9.17, 15) is 19.2 Å². The normalized spacial score (nSPS) is 13.5. The number of rotatable bonds is 36. The molecule has 0 bridgehead atoms. The second-order valence-corrected chi connectivity index (χ2v) is 13.7. The highest BCUT2D eigenvalue weighted by molar-refractivity contribution is 5.87. The maximum atomic E-state index is 12.7. The summed E-state index contributed by atoms with van der Waals surface area (Å²) in [6.45, 7) is 3.17. The summed E-state index contributed by atoms with van der Waals surface area (Å²) in [5.74, 6) is -2.53. The number of esters is 1. The molecule has 9 nitrogen and oxygen atoms in total. The summed E-state index contributed by atoms with van der Waals surface area (Å²) in [7, 11) is 0. The second-order valence-electron chi connectivity index (χ2n) is 13.7. The zero-order valence-electron chi connectivity index (χ0n) is 34.6. The summed E-state index contributed by atoms with van der Waals surface area (Å²) in [5.41, 5.74) is 0. The van der Waals surface area contributed by atoms with Crippen molar-refractivity contribution in [2.45, 2.75) is 161 Å². The van der Waals surface area contributed by atoms with E-state index in [4.69, 9.17) is 14.9 Å². The number of allylic oxidation sites excluding steroid dienone is 15. The Morgan fingerprint density at radius 2 is 1.02 bits per heavy atom. The van der Waals surface area contributed by atoms with E-state index >= 15 is 0 Å². The molecule has 0 rings (SSSR count). The number of carboxylic acid groups (broad SMARTS) is 1. The Hall–Kier alpha value is -4.24. The zero-order valence-corrected chi connectivity index (χ0v) is 34.6. The molecule has 0 spiro atoms. The Bertz CT molecular complexity index is 1260. The third-order valence-corrected chi connectivity index (χ3v) is 8.56. The van der Waals surface area contributed by atoms with Gasteiger partial charge in [-0.25, -0.2) is 4.79 Å². The van der Waals surface area contributed by atoms with E-state index in [-0.39, 0.29) is 30.9 Å². The first-order valence-electron chi connectivity index (χ1n) is 21.1. The molecule has 0 aromatic carbocycles. The third-order valence-electron chi connectivity index (χ3n) is 8.56. The molecule has 0 saturated carbocycles. The molecule has 2 unspecified atom stereocenters. The molecule has 0 fully saturated rings. The highest BCUT2D eigenvalue weighted by Gasteiger charge is 2.18. The monoisotopic (exact) mass is 779 g/mol. The SMILES string of the molecule is CC/C=C\C/C=C\C/C=C\C/C=C\CCCCCCCCC(=O)OC(/C=C\C/C=C\C/C=C\C/C=C\CC)CCCCCC(=O)NCC(=O)NC(CO)C(=O)O. The molecule has 2 atom stereocenters. The summed E-state index contributed by atoms with van der Waals surface area (Å²) >= 11 is 0. The van der Waals surface area contributed by atoms with Crippen LogP contribution in [0.25, 0.3) is 0 Å². The molecule has 0 radical (unpaired) electrons. The molecule has 0 heterocycles. The van der Waals surface area contributed by atoms with Gasteiger partial charge < -0.3 is 25.6 Å². The van der Waals surface area contributed by atoms with Crippen LogP contribution in [0.1, 0.15) is 149 Å². The standard InChI is InChI=1S/C47H74N2O7/c1-3-5-7-9-11-13-15-16-17-18-19-20-21-22-24-26-28-30-35-39-46(53)56-42(36-32-29-27-25-23-14-12-10-8-6-4-2)37-33-31-34-38-44(51)48-40-45(52)49-43(41-50)47(54)55/h5-8,11-14,16-17,19-20,25,27,32,36,42-43,50H,3-4,9-10,15,18,21-24,26,28-31,33-35,37-41H2,1-2H3,(H,48,51)(H,49,52)(H,54,55)/b7-5-,8-6-,13-11-,14-12-,17-16-,20-19-,27-25-,36-32-. The van der Waals surface area contributed by atoms with Crippen molar-refractivity contribution in [3.63, 3.8) is 0 Å². The van der Waals surface area contributed by atoms with E-state index in [1.807, 2.05) is 12.2 Å². The number of carbonyl (C=O) groups is 4. The molecule has 0 aromatic rings. The molecule has 56 heavy (non-hydrogen) atoms. The van der Waals surface area contributed by atoms with Gasteiger partial charge in [-0.1, -0.05) is 137 Å². The highest BCUT2D eigenvalue weighted by atomic mass is 16.5. The lowest BCUT2D eigenvalue weighted by molar-refractivity contribution is -0.147. The van der Waals surface area contributed by atoms with Crippen molar-refractivity contribution < 1.29 is 34.1 Å². The van der Waals surface area contributed by atoms with Gasteiger partial charge in [-0.3, -0.25) is 14.4 Å². The van der Waals surface area contributed by atoms with E-state index in [0.29, 0.717) is 19.3 Å². The lowest BCUT2D eigenvalue weighted by atomic mass is 10.1. The number of aliphatic hydroxyl groups is 1. The molecular weight excluding hydrogens is 705 g/mol. The highest BCUT2D eigenvalue weighted by Crippen LogP contribution is 2.14. The van der Waals surface area contributed by atoms with Crippen LogP contribution in [0, 0.1) is 0 Å². The van der Waals surface area contributed by atoms with Crippen molar-refractivity contribution in [2.24, 2.45) is 0 Å². The number of nitrogens with one attached hydrogen (secondary N) is 2. The Labute approximate surface area is 338 Å². The van der Waals surface area contributed by atoms with E-state index in [2.05, 4.69) is 110 Å². The Morgan fingerprint density at radius 1 is 0.554 bits per heavy atom. The van der Waals surface area contributed by atoms with E-state index in [1.165, 1.54) is 19.3 Å². The number of carboxylic acids is 1. The molecule has 0 saturated heterocycles. The van der Waals surface area contributed by atoms with Crippen LogP contribution in [0.2, 0.25) is 0 Å². The summed E-state index contributed by atoms with van der Waals surface area (Å²) < 4.78 is 5.86. The number of hydrogen-bond acceptors (Lipinski definition) is 6. The van der Waals surface area contributed by atoms with Gasteiger partial charge in [-0.2, -0.15) is 0 Å². The molecule has 0 aliphatic rings. The van der Waals surface area contributed by atoms with Gasteiger partial charge in [0.2, 0.25) is 11.8 Å². The van der Waals surface area contributed by atoms with Crippen LogP contribution in [-0.4, -0.2) is 59.3 Å². The largest absolute Gasteiger partial charge is 0.480 e. The minimum absolute atomic E-state index is 0.180. The molecule has 2 amide bonds. The van der Waals surface area contributed by atoms with Crippen LogP contribution in [0.3, 0.4) is 0 Å². The van der Waals surface area contributed by atoms with Gasteiger partial charge in [-0.05, 0) is 96.0 Å². The predicted octanol–water partition coefficient (Wildman–Crippen LogP) is 10.3. The summed E-state index contributed by atoms with van der Waals surface area (Å²) in [4.78, 5) is 47.7. The Balaban J connectivity index is 4.47. The second kappa shape index (κ2) is 40.4. The van der Waals surface area contributed by atoms with Crippen molar-refractivity contribution in [2.75, 3.05) is 13.2 Å². The first-order chi connectivity index (χ1) is 27.3. The summed E-state index contributed by atoms with van der Waals surface area (Å²) in [5, 5.41) is 22.5. The van der Waals surface area contributed by atoms with Crippen LogP contribution >= 0.6 is 0 Å². The van der Waals surface area contributed by atoms with Gasteiger partial charge in [-0.15, -0.1) is 0 Å². The van der Waals surface area contributed by atoms with Gasteiger partial charge in [0.1, 0.15) is 12.1 Å². The molecule has 0 aliphatic heterocycles. The van der Waals surface area contributed by atoms with E-state index in [0.717, 1.165) is 89.9 Å². The lowest BCUT2D eigenvalue weighted by Gasteiger charge is -2.15.